The zero-order valence-electron chi connectivity index (χ0n) is 23.0. The number of aryl methyl sites for hydroxylation is 1. The molecule has 10 nitrogen and oxygen atoms in total. The first-order valence-electron chi connectivity index (χ1n) is 13.0. The van der Waals surface area contributed by atoms with E-state index in [1.807, 2.05) is 0 Å². The number of benzene rings is 2. The molecule has 0 bridgehead atoms. The molecule has 0 radical (unpaired) electrons. The van der Waals surface area contributed by atoms with Crippen LogP contribution in [0.25, 0.3) is 0 Å². The molecule has 2 N–H and O–H groups in total. The number of amides is 1. The van der Waals surface area contributed by atoms with Crippen molar-refractivity contribution in [1.82, 2.24) is 10.3 Å². The summed E-state index contributed by atoms with van der Waals surface area (Å²) in [5.74, 6) is -1.79. The first-order valence-corrected chi connectivity index (χ1v) is 14.8. The molecule has 0 aliphatic carbocycles. The molecule has 2 fully saturated rings. The molecule has 0 spiro atoms. The average Bonchev–Trinajstić information content (AvgIpc) is 3.38. The van der Waals surface area contributed by atoms with Crippen molar-refractivity contribution < 1.29 is 36.6 Å². The minimum Gasteiger partial charge on any atom is -0.497 e. The van der Waals surface area contributed by atoms with Gasteiger partial charge in [0.05, 0.1) is 45.6 Å². The molecule has 2 saturated heterocycles. The Balaban J connectivity index is 1.52. The minimum atomic E-state index is -4.72. The van der Waals surface area contributed by atoms with Crippen LogP contribution in [0.4, 0.5) is 20.3 Å². The summed E-state index contributed by atoms with van der Waals surface area (Å²) in [5.41, 5.74) is -0.596. The number of hydrogen-bond acceptors (Lipinski definition) is 8. The van der Waals surface area contributed by atoms with Gasteiger partial charge in [-0.3, -0.25) is 4.79 Å². The number of nitrogens with one attached hydrogen (secondary N) is 1. The van der Waals surface area contributed by atoms with E-state index >= 15 is 4.39 Å². The van der Waals surface area contributed by atoms with Crippen molar-refractivity contribution in [2.75, 3.05) is 36.5 Å². The summed E-state index contributed by atoms with van der Waals surface area (Å²) in [6, 6.07) is 9.38. The summed E-state index contributed by atoms with van der Waals surface area (Å²) in [6.45, 7) is 1.18. The van der Waals surface area contributed by atoms with Gasteiger partial charge in [-0.05, 0) is 49.2 Å². The molecule has 1 unspecified atom stereocenters. The van der Waals surface area contributed by atoms with Crippen LogP contribution in [0.5, 0.6) is 11.5 Å². The quantitative estimate of drug-likeness (QED) is 0.348. The number of aliphatic hydroxyl groups is 1. The van der Waals surface area contributed by atoms with Crippen molar-refractivity contribution in [2.45, 2.75) is 42.8 Å². The maximum atomic E-state index is 16.0. The van der Waals surface area contributed by atoms with Crippen LogP contribution >= 0.6 is 11.6 Å². The number of rotatable bonds is 9. The molecular formula is C28H29ClF2N4O6S. The second kappa shape index (κ2) is 11.2. The number of nitrogens with zero attached hydrogens (tertiary/aromatic N) is 3. The summed E-state index contributed by atoms with van der Waals surface area (Å²) >= 11 is 6.42. The van der Waals surface area contributed by atoms with E-state index in [-0.39, 0.29) is 42.6 Å². The Hall–Kier alpha value is -3.68. The summed E-state index contributed by atoms with van der Waals surface area (Å²) in [5, 5.41) is 13.3. The van der Waals surface area contributed by atoms with Crippen LogP contribution < -0.4 is 24.0 Å². The Morgan fingerprint density at radius 1 is 1.19 bits per heavy atom. The SMILES string of the molecule is COc1ccc(CN(c2cccc(F)n2)S(=O)(=O)c2c(C)cc(N3CC(O)(C4CCC(=O)N4)C3)c(Cl)c2F)c(OC)c1. The first-order chi connectivity index (χ1) is 19.9. The highest BCUT2D eigenvalue weighted by molar-refractivity contribution is 7.92. The molecule has 224 valence electrons. The topological polar surface area (TPSA) is 121 Å². The van der Waals surface area contributed by atoms with Gasteiger partial charge in [-0.1, -0.05) is 17.7 Å². The van der Waals surface area contributed by atoms with Crippen molar-refractivity contribution >= 4 is 39.0 Å². The maximum Gasteiger partial charge on any atom is 0.269 e. The number of sulfonamides is 1. The average molecular weight is 623 g/mol. The normalized spacial score (nSPS) is 17.9. The van der Waals surface area contributed by atoms with Crippen LogP contribution in [0.1, 0.15) is 24.0 Å². The highest BCUT2D eigenvalue weighted by Crippen LogP contribution is 2.42. The van der Waals surface area contributed by atoms with E-state index in [4.69, 9.17) is 21.1 Å². The Bertz CT molecular complexity index is 1650. The Kier molecular flexibility index (Phi) is 7.94. The van der Waals surface area contributed by atoms with Crippen LogP contribution in [0, 0.1) is 18.7 Å². The fourth-order valence-electron chi connectivity index (χ4n) is 5.36. The molecule has 0 saturated carbocycles. The van der Waals surface area contributed by atoms with Gasteiger partial charge in [0, 0.05) is 18.1 Å². The smallest absolute Gasteiger partial charge is 0.269 e. The number of aromatic nitrogens is 1. The van der Waals surface area contributed by atoms with Gasteiger partial charge in [0.15, 0.2) is 5.82 Å². The number of methoxy groups -OCH3 is 2. The molecule has 14 heteroatoms. The highest BCUT2D eigenvalue weighted by atomic mass is 35.5. The van der Waals surface area contributed by atoms with E-state index in [2.05, 4.69) is 10.3 Å². The van der Waals surface area contributed by atoms with Gasteiger partial charge in [0.25, 0.3) is 10.0 Å². The van der Waals surface area contributed by atoms with E-state index in [1.165, 1.54) is 39.3 Å². The molecule has 5 rings (SSSR count). The Morgan fingerprint density at radius 3 is 2.55 bits per heavy atom. The summed E-state index contributed by atoms with van der Waals surface area (Å²) in [4.78, 5) is 16.3. The zero-order chi connectivity index (χ0) is 30.4. The largest absolute Gasteiger partial charge is 0.497 e. The van der Waals surface area contributed by atoms with E-state index in [0.717, 1.165) is 10.4 Å². The van der Waals surface area contributed by atoms with E-state index < -0.39 is 43.3 Å². The molecule has 2 aliphatic rings. The molecular weight excluding hydrogens is 594 g/mol. The van der Waals surface area contributed by atoms with Crippen LogP contribution in [-0.4, -0.2) is 63.4 Å². The van der Waals surface area contributed by atoms with Gasteiger partial charge in [-0.25, -0.2) is 22.1 Å². The lowest BCUT2D eigenvalue weighted by atomic mass is 9.84. The third-order valence-electron chi connectivity index (χ3n) is 7.55. The molecule has 1 atom stereocenters. The van der Waals surface area contributed by atoms with Crippen LogP contribution in [0.2, 0.25) is 5.02 Å². The Labute approximate surface area is 246 Å². The number of β-amino-alcohol motifs (C(OH)–C–C–N with tert-alkyl or cyclic N) is 1. The van der Waals surface area contributed by atoms with Gasteiger partial charge in [0.1, 0.15) is 32.8 Å². The monoisotopic (exact) mass is 622 g/mol. The van der Waals surface area contributed by atoms with Gasteiger partial charge in [-0.15, -0.1) is 0 Å². The van der Waals surface area contributed by atoms with Gasteiger partial charge >= 0.3 is 0 Å². The lowest BCUT2D eigenvalue weighted by Gasteiger charge is -2.51. The fraction of sp³-hybridized carbons (Fsp3) is 0.357. The molecule has 1 amide bonds. The number of hydrogen-bond donors (Lipinski definition) is 2. The van der Waals surface area contributed by atoms with Crippen molar-refractivity contribution in [2.24, 2.45) is 0 Å². The number of pyridine rings is 1. The second-order valence-corrected chi connectivity index (χ2v) is 12.5. The van der Waals surface area contributed by atoms with Gasteiger partial charge in [-0.2, -0.15) is 4.39 Å². The maximum absolute atomic E-state index is 16.0. The van der Waals surface area contributed by atoms with E-state index in [0.29, 0.717) is 29.9 Å². The van der Waals surface area contributed by atoms with E-state index in [1.54, 1.807) is 23.1 Å². The summed E-state index contributed by atoms with van der Waals surface area (Å²) in [7, 11) is -1.86. The fourth-order valence-corrected chi connectivity index (χ4v) is 7.36. The zero-order valence-corrected chi connectivity index (χ0v) is 24.6. The highest BCUT2D eigenvalue weighted by Gasteiger charge is 2.50. The molecule has 2 aromatic carbocycles. The third kappa shape index (κ3) is 5.32. The first kappa shape index (κ1) is 29.8. The Morgan fingerprint density at radius 2 is 1.93 bits per heavy atom. The van der Waals surface area contributed by atoms with Crippen molar-refractivity contribution in [3.63, 3.8) is 0 Å². The van der Waals surface area contributed by atoms with Gasteiger partial charge < -0.3 is 24.8 Å². The van der Waals surface area contributed by atoms with Crippen LogP contribution in [-0.2, 0) is 21.4 Å². The standard InChI is InChI=1S/C28H29ClF2N4O6S/c1-16-11-19(34-14-28(37,15-34)21-9-10-24(36)32-21)25(29)26(31)27(16)42(38,39)35(23-6-4-5-22(30)33-23)13-17-7-8-18(40-2)12-20(17)41-3/h4-8,11-12,21,37H,9-10,13-15H2,1-3H3,(H,32,36). The number of carbonyl (C=O) groups is 1. The summed E-state index contributed by atoms with van der Waals surface area (Å²) in [6.07, 6.45) is 0.789. The molecule has 3 heterocycles. The minimum absolute atomic E-state index is 0.0413. The second-order valence-electron chi connectivity index (χ2n) is 10.3. The van der Waals surface area contributed by atoms with Crippen LogP contribution in [0.15, 0.2) is 47.4 Å². The van der Waals surface area contributed by atoms with Crippen molar-refractivity contribution in [3.8, 4) is 11.5 Å². The number of carbonyl (C=O) groups excluding carboxylic acids is 1. The third-order valence-corrected chi connectivity index (χ3v) is 9.83. The number of halogens is 3. The molecule has 42 heavy (non-hydrogen) atoms. The lowest BCUT2D eigenvalue weighted by molar-refractivity contribution is -0.120. The lowest BCUT2D eigenvalue weighted by Crippen LogP contribution is -2.70. The van der Waals surface area contributed by atoms with Crippen LogP contribution in [0.3, 0.4) is 0 Å². The summed E-state index contributed by atoms with van der Waals surface area (Å²) < 4.78 is 69.9. The van der Waals surface area contributed by atoms with Crippen molar-refractivity contribution in [3.05, 3.63) is 70.4 Å². The predicted molar refractivity (Wildman–Crippen MR) is 152 cm³/mol. The number of ether oxygens (including phenoxy) is 2. The van der Waals surface area contributed by atoms with Crippen molar-refractivity contribution in [1.29, 1.82) is 0 Å². The molecule has 3 aromatic rings. The predicted octanol–water partition coefficient (Wildman–Crippen LogP) is 3.56. The van der Waals surface area contributed by atoms with Gasteiger partial charge in [0.2, 0.25) is 11.9 Å². The van der Waals surface area contributed by atoms with E-state index in [9.17, 15) is 22.7 Å². The number of anilines is 2. The molecule has 2 aliphatic heterocycles. The molecule has 1 aromatic heterocycles.